The molecule has 1 rings (SSSR count). The minimum atomic E-state index is -0.131. The molecule has 1 aromatic carbocycles. The molecule has 1 N–H and O–H groups in total. The Hall–Kier alpha value is -0.930. The van der Waals surface area contributed by atoms with Gasteiger partial charge >= 0.3 is 0 Å². The maximum Gasteiger partial charge on any atom is 0.123 e. The lowest BCUT2D eigenvalue weighted by atomic mass is 9.98. The van der Waals surface area contributed by atoms with E-state index in [2.05, 4.69) is 37.9 Å². The molecule has 1 unspecified atom stereocenters. The van der Waals surface area contributed by atoms with Gasteiger partial charge in [0.05, 0.1) is 0 Å². The lowest BCUT2D eigenvalue weighted by Gasteiger charge is -2.24. The second kappa shape index (κ2) is 9.91. The summed E-state index contributed by atoms with van der Waals surface area (Å²) < 4.78 is 13.4. The number of hydrogen-bond acceptors (Lipinski definition) is 2. The van der Waals surface area contributed by atoms with Crippen molar-refractivity contribution in [3.8, 4) is 0 Å². The number of rotatable bonds is 10. The Balaban J connectivity index is 2.66. The van der Waals surface area contributed by atoms with Crippen LogP contribution in [0.1, 0.15) is 44.7 Å². The van der Waals surface area contributed by atoms with Gasteiger partial charge in [-0.2, -0.15) is 0 Å². The molecule has 0 bridgehead atoms. The molecule has 0 aromatic heterocycles. The van der Waals surface area contributed by atoms with Crippen LogP contribution in [0.25, 0.3) is 0 Å². The zero-order valence-corrected chi connectivity index (χ0v) is 14.1. The average molecular weight is 294 g/mol. The zero-order valence-electron chi connectivity index (χ0n) is 14.1. The molecular formula is C18H31FN2. The highest BCUT2D eigenvalue weighted by Gasteiger charge is 2.12. The monoisotopic (exact) mass is 294 g/mol. The number of halogens is 1. The molecule has 0 aliphatic heterocycles. The third-order valence-corrected chi connectivity index (χ3v) is 4.15. The van der Waals surface area contributed by atoms with Crippen molar-refractivity contribution in [1.82, 2.24) is 10.2 Å². The predicted octanol–water partition coefficient (Wildman–Crippen LogP) is 3.78. The van der Waals surface area contributed by atoms with Gasteiger partial charge in [0.25, 0.3) is 0 Å². The van der Waals surface area contributed by atoms with E-state index in [0.29, 0.717) is 6.04 Å². The first-order valence-corrected chi connectivity index (χ1v) is 8.31. The van der Waals surface area contributed by atoms with Crippen LogP contribution in [0.5, 0.6) is 0 Å². The minimum absolute atomic E-state index is 0.131. The van der Waals surface area contributed by atoms with Gasteiger partial charge in [-0.25, -0.2) is 4.39 Å². The zero-order chi connectivity index (χ0) is 15.7. The van der Waals surface area contributed by atoms with Gasteiger partial charge in [0.15, 0.2) is 0 Å². The summed E-state index contributed by atoms with van der Waals surface area (Å²) in [6.45, 7) is 13.0. The smallest absolute Gasteiger partial charge is 0.123 e. The van der Waals surface area contributed by atoms with E-state index in [-0.39, 0.29) is 5.82 Å². The summed E-state index contributed by atoms with van der Waals surface area (Å²) in [7, 11) is 0. The van der Waals surface area contributed by atoms with Crippen molar-refractivity contribution in [3.63, 3.8) is 0 Å². The number of aryl methyl sites for hydroxylation is 1. The van der Waals surface area contributed by atoms with Gasteiger partial charge in [-0.3, -0.25) is 0 Å². The molecule has 0 aliphatic carbocycles. The second-order valence-corrected chi connectivity index (χ2v) is 5.74. The van der Waals surface area contributed by atoms with Gasteiger partial charge in [0.1, 0.15) is 5.82 Å². The minimum Gasteiger partial charge on any atom is -0.314 e. The van der Waals surface area contributed by atoms with Crippen LogP contribution in [0.15, 0.2) is 18.2 Å². The standard InChI is InChI=1S/C18H31FN2/c1-5-11-20-18(10-12-21(6-2)7-3)14-16-13-17(19)9-8-15(16)4/h8-9,13,18,20H,5-7,10-12,14H2,1-4H3. The molecule has 0 radical (unpaired) electrons. The summed E-state index contributed by atoms with van der Waals surface area (Å²) in [6.07, 6.45) is 3.15. The van der Waals surface area contributed by atoms with E-state index < -0.39 is 0 Å². The van der Waals surface area contributed by atoms with Crippen molar-refractivity contribution >= 4 is 0 Å². The van der Waals surface area contributed by atoms with E-state index in [0.717, 1.165) is 51.0 Å². The SMILES string of the molecule is CCCNC(CCN(CC)CC)Cc1cc(F)ccc1C. The van der Waals surface area contributed by atoms with E-state index in [4.69, 9.17) is 0 Å². The quantitative estimate of drug-likeness (QED) is 0.706. The molecule has 21 heavy (non-hydrogen) atoms. The normalized spacial score (nSPS) is 12.9. The Labute approximate surface area is 129 Å². The molecule has 1 aromatic rings. The molecule has 0 spiro atoms. The number of nitrogens with one attached hydrogen (secondary N) is 1. The Kier molecular flexibility index (Phi) is 8.55. The molecule has 2 nitrogen and oxygen atoms in total. The maximum atomic E-state index is 13.4. The van der Waals surface area contributed by atoms with Gasteiger partial charge < -0.3 is 10.2 Å². The van der Waals surface area contributed by atoms with Crippen molar-refractivity contribution in [2.24, 2.45) is 0 Å². The summed E-state index contributed by atoms with van der Waals surface area (Å²) in [4.78, 5) is 2.44. The molecule has 0 saturated carbocycles. The van der Waals surface area contributed by atoms with Crippen LogP contribution in [-0.4, -0.2) is 37.1 Å². The number of hydrogen-bond donors (Lipinski definition) is 1. The molecule has 0 fully saturated rings. The third-order valence-electron chi connectivity index (χ3n) is 4.15. The Morgan fingerprint density at radius 1 is 1.19 bits per heavy atom. The lowest BCUT2D eigenvalue weighted by Crippen LogP contribution is -2.36. The van der Waals surface area contributed by atoms with Crippen LogP contribution in [-0.2, 0) is 6.42 Å². The number of benzene rings is 1. The molecule has 1 atom stereocenters. The lowest BCUT2D eigenvalue weighted by molar-refractivity contribution is 0.280. The van der Waals surface area contributed by atoms with E-state index >= 15 is 0 Å². The first-order valence-electron chi connectivity index (χ1n) is 8.31. The van der Waals surface area contributed by atoms with Crippen LogP contribution in [0.3, 0.4) is 0 Å². The Bertz CT molecular complexity index is 402. The third kappa shape index (κ3) is 6.58. The number of nitrogens with zero attached hydrogens (tertiary/aromatic N) is 1. The summed E-state index contributed by atoms with van der Waals surface area (Å²) >= 11 is 0. The first-order chi connectivity index (χ1) is 10.1. The van der Waals surface area contributed by atoms with Gasteiger partial charge in [0.2, 0.25) is 0 Å². The molecular weight excluding hydrogens is 263 g/mol. The Morgan fingerprint density at radius 2 is 1.90 bits per heavy atom. The highest BCUT2D eigenvalue weighted by molar-refractivity contribution is 5.27. The van der Waals surface area contributed by atoms with Crippen LogP contribution in [0.2, 0.25) is 0 Å². The topological polar surface area (TPSA) is 15.3 Å². The van der Waals surface area contributed by atoms with Crippen molar-refractivity contribution in [2.75, 3.05) is 26.2 Å². The van der Waals surface area contributed by atoms with Crippen LogP contribution >= 0.6 is 0 Å². The Morgan fingerprint density at radius 3 is 2.52 bits per heavy atom. The fraction of sp³-hybridized carbons (Fsp3) is 0.667. The van der Waals surface area contributed by atoms with Gasteiger partial charge in [-0.05, 0) is 75.6 Å². The van der Waals surface area contributed by atoms with E-state index in [1.165, 1.54) is 5.56 Å². The maximum absolute atomic E-state index is 13.4. The molecule has 3 heteroatoms. The molecule has 0 amide bonds. The van der Waals surface area contributed by atoms with E-state index in [1.807, 2.05) is 6.07 Å². The highest BCUT2D eigenvalue weighted by atomic mass is 19.1. The summed E-state index contributed by atoms with van der Waals surface area (Å²) in [5, 5.41) is 3.62. The van der Waals surface area contributed by atoms with Gasteiger partial charge in [-0.1, -0.05) is 26.8 Å². The van der Waals surface area contributed by atoms with Gasteiger partial charge in [0, 0.05) is 6.04 Å². The predicted molar refractivity (Wildman–Crippen MR) is 89.3 cm³/mol. The van der Waals surface area contributed by atoms with E-state index in [1.54, 1.807) is 12.1 Å². The van der Waals surface area contributed by atoms with Crippen molar-refractivity contribution in [3.05, 3.63) is 35.1 Å². The van der Waals surface area contributed by atoms with Gasteiger partial charge in [-0.15, -0.1) is 0 Å². The fourth-order valence-corrected chi connectivity index (χ4v) is 2.63. The van der Waals surface area contributed by atoms with Crippen LogP contribution in [0.4, 0.5) is 4.39 Å². The molecule has 0 aliphatic rings. The van der Waals surface area contributed by atoms with Crippen molar-refractivity contribution < 1.29 is 4.39 Å². The highest BCUT2D eigenvalue weighted by Crippen LogP contribution is 2.14. The summed E-state index contributed by atoms with van der Waals surface area (Å²) in [6, 6.07) is 5.54. The molecule has 120 valence electrons. The average Bonchev–Trinajstić information content (AvgIpc) is 2.49. The largest absolute Gasteiger partial charge is 0.314 e. The second-order valence-electron chi connectivity index (χ2n) is 5.74. The summed E-state index contributed by atoms with van der Waals surface area (Å²) in [5.41, 5.74) is 2.31. The summed E-state index contributed by atoms with van der Waals surface area (Å²) in [5.74, 6) is -0.131. The van der Waals surface area contributed by atoms with Crippen molar-refractivity contribution in [1.29, 1.82) is 0 Å². The van der Waals surface area contributed by atoms with Crippen molar-refractivity contribution in [2.45, 2.75) is 53.0 Å². The fourth-order valence-electron chi connectivity index (χ4n) is 2.63. The van der Waals surface area contributed by atoms with E-state index in [9.17, 15) is 4.39 Å². The van der Waals surface area contributed by atoms with Crippen LogP contribution in [0, 0.1) is 12.7 Å². The first kappa shape index (κ1) is 18.1. The van der Waals surface area contributed by atoms with Crippen LogP contribution < -0.4 is 5.32 Å². The molecule has 0 saturated heterocycles. The molecule has 0 heterocycles.